The number of hydrogen-bond donors (Lipinski definition) is 2. The molecule has 3 nitrogen and oxygen atoms in total. The largest absolute Gasteiger partial charge is 0.352 e. The van der Waals surface area contributed by atoms with Crippen LogP contribution in [0.15, 0.2) is 0 Å². The highest BCUT2D eigenvalue weighted by Gasteiger charge is 2.23. The Labute approximate surface area is 105 Å². The predicted octanol–water partition coefficient (Wildman–Crippen LogP) is 2.09. The number of halogens is 1. The molecule has 1 aliphatic rings. The Morgan fingerprint density at radius 2 is 1.75 bits per heavy atom. The van der Waals surface area contributed by atoms with Crippen molar-refractivity contribution in [3.05, 3.63) is 0 Å². The molecule has 0 aromatic carbocycles. The molecule has 3 N–H and O–H groups in total. The van der Waals surface area contributed by atoms with Crippen LogP contribution in [0.25, 0.3) is 0 Å². The minimum atomic E-state index is -0.357. The van der Waals surface area contributed by atoms with Gasteiger partial charge in [-0.15, -0.1) is 12.4 Å². The summed E-state index contributed by atoms with van der Waals surface area (Å²) in [5, 5.41) is 3.06. The third kappa shape index (κ3) is 4.71. The first-order valence-corrected chi connectivity index (χ1v) is 6.06. The zero-order valence-corrected chi connectivity index (χ0v) is 11.3. The molecule has 1 fully saturated rings. The first-order valence-electron chi connectivity index (χ1n) is 6.06. The van der Waals surface area contributed by atoms with Crippen LogP contribution in [0.1, 0.15) is 46.5 Å². The van der Waals surface area contributed by atoms with E-state index in [-0.39, 0.29) is 30.3 Å². The summed E-state index contributed by atoms with van der Waals surface area (Å²) in [6.07, 6.45) is 4.67. The standard InChI is InChI=1S/C12H24N2O.ClH/c1-8(2)11(13)12(15)14-10-6-4-9(3)5-7-10;/h8-11H,4-7,13H2,1-3H3,(H,14,15);1H. The van der Waals surface area contributed by atoms with E-state index in [0.717, 1.165) is 18.8 Å². The molecule has 0 saturated heterocycles. The van der Waals surface area contributed by atoms with Crippen LogP contribution in [0.3, 0.4) is 0 Å². The lowest BCUT2D eigenvalue weighted by atomic mass is 9.87. The van der Waals surface area contributed by atoms with Gasteiger partial charge in [-0.05, 0) is 37.5 Å². The van der Waals surface area contributed by atoms with E-state index in [0.29, 0.717) is 6.04 Å². The number of carbonyl (C=O) groups is 1. The summed E-state index contributed by atoms with van der Waals surface area (Å²) < 4.78 is 0. The van der Waals surface area contributed by atoms with Gasteiger partial charge in [0.2, 0.25) is 5.91 Å². The van der Waals surface area contributed by atoms with Crippen LogP contribution < -0.4 is 11.1 Å². The molecule has 1 atom stereocenters. The van der Waals surface area contributed by atoms with E-state index in [4.69, 9.17) is 5.73 Å². The number of nitrogens with two attached hydrogens (primary N) is 1. The molecule has 0 aromatic rings. The lowest BCUT2D eigenvalue weighted by Gasteiger charge is -2.28. The summed E-state index contributed by atoms with van der Waals surface area (Å²) in [5.41, 5.74) is 5.79. The molecule has 0 aromatic heterocycles. The number of hydrogen-bond acceptors (Lipinski definition) is 2. The van der Waals surface area contributed by atoms with Crippen molar-refractivity contribution < 1.29 is 4.79 Å². The van der Waals surface area contributed by atoms with Crippen molar-refractivity contribution >= 4 is 18.3 Å². The molecular formula is C12H25ClN2O. The molecule has 0 heterocycles. The van der Waals surface area contributed by atoms with Gasteiger partial charge in [-0.1, -0.05) is 20.8 Å². The van der Waals surface area contributed by atoms with E-state index in [1.54, 1.807) is 0 Å². The lowest BCUT2D eigenvalue weighted by molar-refractivity contribution is -0.124. The molecule has 1 aliphatic carbocycles. The van der Waals surface area contributed by atoms with Gasteiger partial charge in [-0.25, -0.2) is 0 Å². The van der Waals surface area contributed by atoms with Crippen molar-refractivity contribution in [1.82, 2.24) is 5.32 Å². The van der Waals surface area contributed by atoms with Gasteiger partial charge in [0.25, 0.3) is 0 Å². The minimum absolute atomic E-state index is 0. The van der Waals surface area contributed by atoms with Crippen LogP contribution >= 0.6 is 12.4 Å². The Hall–Kier alpha value is -0.280. The molecular weight excluding hydrogens is 224 g/mol. The minimum Gasteiger partial charge on any atom is -0.352 e. The van der Waals surface area contributed by atoms with Gasteiger partial charge >= 0.3 is 0 Å². The molecule has 0 bridgehead atoms. The number of carbonyl (C=O) groups excluding carboxylic acids is 1. The molecule has 1 saturated carbocycles. The van der Waals surface area contributed by atoms with Crippen LogP contribution in [-0.4, -0.2) is 18.0 Å². The second-order valence-corrected chi connectivity index (χ2v) is 5.24. The highest BCUT2D eigenvalue weighted by atomic mass is 35.5. The second kappa shape index (κ2) is 7.13. The zero-order chi connectivity index (χ0) is 11.4. The topological polar surface area (TPSA) is 55.1 Å². The van der Waals surface area contributed by atoms with Gasteiger partial charge in [0.15, 0.2) is 0 Å². The Balaban J connectivity index is 0.00000225. The quantitative estimate of drug-likeness (QED) is 0.804. The number of amides is 1. The van der Waals surface area contributed by atoms with E-state index in [9.17, 15) is 4.79 Å². The third-order valence-corrected chi connectivity index (χ3v) is 3.38. The summed E-state index contributed by atoms with van der Waals surface area (Å²) in [5.74, 6) is 1.05. The molecule has 1 amide bonds. The van der Waals surface area contributed by atoms with Crippen molar-refractivity contribution in [2.45, 2.75) is 58.5 Å². The second-order valence-electron chi connectivity index (χ2n) is 5.24. The van der Waals surface area contributed by atoms with Gasteiger partial charge in [-0.2, -0.15) is 0 Å². The smallest absolute Gasteiger partial charge is 0.237 e. The first-order chi connectivity index (χ1) is 7.00. The van der Waals surface area contributed by atoms with Crippen LogP contribution in [0.2, 0.25) is 0 Å². The zero-order valence-electron chi connectivity index (χ0n) is 10.5. The van der Waals surface area contributed by atoms with E-state index < -0.39 is 0 Å². The third-order valence-electron chi connectivity index (χ3n) is 3.38. The SMILES string of the molecule is CC1CCC(NC(=O)C(N)C(C)C)CC1.Cl. The fourth-order valence-electron chi connectivity index (χ4n) is 2.00. The van der Waals surface area contributed by atoms with Crippen LogP contribution in [-0.2, 0) is 4.79 Å². The van der Waals surface area contributed by atoms with Gasteiger partial charge in [0.1, 0.15) is 0 Å². The van der Waals surface area contributed by atoms with Crippen molar-refractivity contribution in [2.75, 3.05) is 0 Å². The normalized spacial score (nSPS) is 27.1. The van der Waals surface area contributed by atoms with Gasteiger partial charge in [-0.3, -0.25) is 4.79 Å². The maximum absolute atomic E-state index is 11.7. The molecule has 1 rings (SSSR count). The fraction of sp³-hybridized carbons (Fsp3) is 0.917. The molecule has 0 spiro atoms. The predicted molar refractivity (Wildman–Crippen MR) is 69.6 cm³/mol. The summed E-state index contributed by atoms with van der Waals surface area (Å²) >= 11 is 0. The van der Waals surface area contributed by atoms with Crippen LogP contribution in [0, 0.1) is 11.8 Å². The molecule has 96 valence electrons. The van der Waals surface area contributed by atoms with Gasteiger partial charge in [0.05, 0.1) is 6.04 Å². The van der Waals surface area contributed by atoms with E-state index in [2.05, 4.69) is 12.2 Å². The summed E-state index contributed by atoms with van der Waals surface area (Å²) in [4.78, 5) is 11.7. The lowest BCUT2D eigenvalue weighted by Crippen LogP contribution is -2.48. The van der Waals surface area contributed by atoms with Gasteiger partial charge in [0, 0.05) is 6.04 Å². The monoisotopic (exact) mass is 248 g/mol. The highest BCUT2D eigenvalue weighted by Crippen LogP contribution is 2.23. The maximum Gasteiger partial charge on any atom is 0.237 e. The van der Waals surface area contributed by atoms with E-state index >= 15 is 0 Å². The van der Waals surface area contributed by atoms with Crippen molar-refractivity contribution in [1.29, 1.82) is 0 Å². The van der Waals surface area contributed by atoms with Gasteiger partial charge < -0.3 is 11.1 Å². The highest BCUT2D eigenvalue weighted by molar-refractivity contribution is 5.85. The Morgan fingerprint density at radius 3 is 2.19 bits per heavy atom. The number of nitrogens with one attached hydrogen (secondary N) is 1. The van der Waals surface area contributed by atoms with Crippen molar-refractivity contribution in [3.8, 4) is 0 Å². The van der Waals surface area contributed by atoms with Crippen molar-refractivity contribution in [3.63, 3.8) is 0 Å². The average molecular weight is 249 g/mol. The Morgan fingerprint density at radius 1 is 1.25 bits per heavy atom. The van der Waals surface area contributed by atoms with Crippen LogP contribution in [0.5, 0.6) is 0 Å². The van der Waals surface area contributed by atoms with Crippen LogP contribution in [0.4, 0.5) is 0 Å². The van der Waals surface area contributed by atoms with E-state index in [1.807, 2.05) is 13.8 Å². The maximum atomic E-state index is 11.7. The molecule has 0 aliphatic heterocycles. The van der Waals surface area contributed by atoms with Crippen molar-refractivity contribution in [2.24, 2.45) is 17.6 Å². The Bertz CT molecular complexity index is 213. The Kier molecular flexibility index (Phi) is 7.00. The summed E-state index contributed by atoms with van der Waals surface area (Å²) in [6.45, 7) is 6.23. The average Bonchev–Trinajstić information content (AvgIpc) is 2.20. The molecule has 1 unspecified atom stereocenters. The molecule has 4 heteroatoms. The van der Waals surface area contributed by atoms with E-state index in [1.165, 1.54) is 12.8 Å². The molecule has 0 radical (unpaired) electrons. The number of rotatable bonds is 3. The first kappa shape index (κ1) is 15.7. The summed E-state index contributed by atoms with van der Waals surface area (Å²) in [7, 11) is 0. The molecule has 16 heavy (non-hydrogen) atoms. The summed E-state index contributed by atoms with van der Waals surface area (Å²) in [6, 6.07) is 0.00264. The fourth-order valence-corrected chi connectivity index (χ4v) is 2.00.